The number of aromatic amines is 1. The molecule has 14 heavy (non-hydrogen) atoms. The van der Waals surface area contributed by atoms with Gasteiger partial charge in [-0.1, -0.05) is 11.3 Å². The summed E-state index contributed by atoms with van der Waals surface area (Å²) in [5, 5.41) is 13.7. The molecule has 0 spiro atoms. The topological polar surface area (TPSA) is 67.3 Å². The Bertz CT molecular complexity index is 356. The maximum absolute atomic E-state index is 4.23. The zero-order valence-electron chi connectivity index (χ0n) is 7.72. The predicted molar refractivity (Wildman–Crippen MR) is 50.4 cm³/mol. The third kappa shape index (κ3) is 2.35. The van der Waals surface area contributed by atoms with E-state index in [1.165, 1.54) is 0 Å². The molecular weight excluding hydrogens is 178 g/mol. The second-order valence-electron chi connectivity index (χ2n) is 3.00. The first-order valence-electron chi connectivity index (χ1n) is 4.57. The number of pyridine rings is 1. The molecule has 2 heterocycles. The SMILES string of the molecule is c1ccc(CCCc2nn[nH]n2)nc1. The van der Waals surface area contributed by atoms with Crippen LogP contribution < -0.4 is 0 Å². The van der Waals surface area contributed by atoms with Crippen LogP contribution in [0.25, 0.3) is 0 Å². The molecule has 2 aromatic heterocycles. The molecule has 72 valence electrons. The number of hydrogen-bond acceptors (Lipinski definition) is 4. The summed E-state index contributed by atoms with van der Waals surface area (Å²) in [5.41, 5.74) is 1.11. The van der Waals surface area contributed by atoms with Crippen LogP contribution in [0.15, 0.2) is 24.4 Å². The van der Waals surface area contributed by atoms with Crippen molar-refractivity contribution in [3.8, 4) is 0 Å². The highest BCUT2D eigenvalue weighted by molar-refractivity contribution is 5.03. The Balaban J connectivity index is 1.79. The average molecular weight is 189 g/mol. The smallest absolute Gasteiger partial charge is 0.174 e. The monoisotopic (exact) mass is 189 g/mol. The molecule has 0 aromatic carbocycles. The van der Waals surface area contributed by atoms with Gasteiger partial charge < -0.3 is 0 Å². The molecule has 0 fully saturated rings. The van der Waals surface area contributed by atoms with Gasteiger partial charge in [-0.15, -0.1) is 10.2 Å². The van der Waals surface area contributed by atoms with Gasteiger partial charge in [0.2, 0.25) is 0 Å². The van der Waals surface area contributed by atoms with Crippen molar-refractivity contribution in [2.45, 2.75) is 19.3 Å². The summed E-state index contributed by atoms with van der Waals surface area (Å²) >= 11 is 0. The fourth-order valence-corrected chi connectivity index (χ4v) is 1.26. The van der Waals surface area contributed by atoms with Crippen molar-refractivity contribution in [1.29, 1.82) is 0 Å². The summed E-state index contributed by atoms with van der Waals surface area (Å²) in [4.78, 5) is 4.23. The van der Waals surface area contributed by atoms with E-state index in [0.29, 0.717) is 0 Å². The van der Waals surface area contributed by atoms with Crippen LogP contribution in [-0.4, -0.2) is 25.6 Å². The van der Waals surface area contributed by atoms with Gasteiger partial charge in [0.15, 0.2) is 5.82 Å². The summed E-state index contributed by atoms with van der Waals surface area (Å²) in [5.74, 6) is 0.765. The molecule has 2 aromatic rings. The first kappa shape index (κ1) is 8.80. The molecule has 0 bridgehead atoms. The second kappa shape index (κ2) is 4.45. The maximum Gasteiger partial charge on any atom is 0.174 e. The Hall–Kier alpha value is -1.78. The van der Waals surface area contributed by atoms with Crippen molar-refractivity contribution >= 4 is 0 Å². The second-order valence-corrected chi connectivity index (χ2v) is 3.00. The van der Waals surface area contributed by atoms with E-state index in [0.717, 1.165) is 30.8 Å². The minimum absolute atomic E-state index is 0.765. The van der Waals surface area contributed by atoms with Crippen molar-refractivity contribution < 1.29 is 0 Å². The van der Waals surface area contributed by atoms with Gasteiger partial charge in [0.05, 0.1) is 0 Å². The standard InChI is InChI=1S/C9H11N5/c1-2-7-10-8(4-1)5-3-6-9-11-13-14-12-9/h1-2,4,7H,3,5-6H2,(H,11,12,13,14). The minimum Gasteiger partial charge on any atom is -0.261 e. The van der Waals surface area contributed by atoms with Crippen LogP contribution in [0, 0.1) is 0 Å². The highest BCUT2D eigenvalue weighted by atomic mass is 15.5. The zero-order chi connectivity index (χ0) is 9.64. The van der Waals surface area contributed by atoms with Crippen molar-refractivity contribution in [2.75, 3.05) is 0 Å². The lowest BCUT2D eigenvalue weighted by molar-refractivity contribution is 0.759. The molecule has 0 radical (unpaired) electrons. The van der Waals surface area contributed by atoms with Crippen LogP contribution in [0.3, 0.4) is 0 Å². The number of H-pyrrole nitrogens is 1. The van der Waals surface area contributed by atoms with Crippen LogP contribution in [0.2, 0.25) is 0 Å². The van der Waals surface area contributed by atoms with E-state index in [2.05, 4.69) is 25.6 Å². The van der Waals surface area contributed by atoms with E-state index in [4.69, 9.17) is 0 Å². The Kier molecular flexibility index (Phi) is 2.80. The average Bonchev–Trinajstić information content (AvgIpc) is 2.72. The molecule has 0 saturated heterocycles. The molecular formula is C9H11N5. The number of nitrogens with zero attached hydrogens (tertiary/aromatic N) is 4. The van der Waals surface area contributed by atoms with E-state index in [9.17, 15) is 0 Å². The van der Waals surface area contributed by atoms with Crippen LogP contribution in [0.5, 0.6) is 0 Å². The van der Waals surface area contributed by atoms with Crippen LogP contribution >= 0.6 is 0 Å². The molecule has 0 unspecified atom stereocenters. The van der Waals surface area contributed by atoms with Gasteiger partial charge in [0.25, 0.3) is 0 Å². The zero-order valence-corrected chi connectivity index (χ0v) is 7.72. The van der Waals surface area contributed by atoms with Gasteiger partial charge in [-0.3, -0.25) is 4.98 Å². The Morgan fingerprint density at radius 3 is 2.93 bits per heavy atom. The molecule has 2 rings (SSSR count). The molecule has 0 saturated carbocycles. The third-order valence-electron chi connectivity index (χ3n) is 1.95. The van der Waals surface area contributed by atoms with Crippen LogP contribution in [0.1, 0.15) is 17.9 Å². The van der Waals surface area contributed by atoms with E-state index < -0.39 is 0 Å². The van der Waals surface area contributed by atoms with Crippen LogP contribution in [-0.2, 0) is 12.8 Å². The normalized spacial score (nSPS) is 10.3. The van der Waals surface area contributed by atoms with Gasteiger partial charge >= 0.3 is 0 Å². The molecule has 0 atom stereocenters. The van der Waals surface area contributed by atoms with Gasteiger partial charge in [-0.05, 0) is 25.0 Å². The summed E-state index contributed by atoms with van der Waals surface area (Å²) < 4.78 is 0. The lowest BCUT2D eigenvalue weighted by atomic mass is 10.2. The first-order chi connectivity index (χ1) is 6.95. The summed E-state index contributed by atoms with van der Waals surface area (Å²) in [7, 11) is 0. The van der Waals surface area contributed by atoms with Crippen molar-refractivity contribution in [3.63, 3.8) is 0 Å². The molecule has 5 heteroatoms. The number of aromatic nitrogens is 5. The van der Waals surface area contributed by atoms with Crippen molar-refractivity contribution in [1.82, 2.24) is 25.6 Å². The van der Waals surface area contributed by atoms with E-state index in [1.54, 1.807) is 0 Å². The Morgan fingerprint density at radius 1 is 1.21 bits per heavy atom. The quantitative estimate of drug-likeness (QED) is 0.771. The molecule has 0 aliphatic rings. The highest BCUT2D eigenvalue weighted by Crippen LogP contribution is 2.01. The number of rotatable bonds is 4. The number of nitrogens with one attached hydrogen (secondary N) is 1. The highest BCUT2D eigenvalue weighted by Gasteiger charge is 1.98. The lowest BCUT2D eigenvalue weighted by Crippen LogP contribution is -1.94. The maximum atomic E-state index is 4.23. The third-order valence-corrected chi connectivity index (χ3v) is 1.95. The van der Waals surface area contributed by atoms with Gasteiger partial charge in [-0.25, -0.2) is 0 Å². The van der Waals surface area contributed by atoms with E-state index in [1.807, 2.05) is 24.4 Å². The fourth-order valence-electron chi connectivity index (χ4n) is 1.26. The van der Waals surface area contributed by atoms with E-state index in [-0.39, 0.29) is 0 Å². The number of tetrazole rings is 1. The number of aryl methyl sites for hydroxylation is 2. The largest absolute Gasteiger partial charge is 0.261 e. The number of hydrogen-bond donors (Lipinski definition) is 1. The van der Waals surface area contributed by atoms with Crippen LogP contribution in [0.4, 0.5) is 0 Å². The Morgan fingerprint density at radius 2 is 2.21 bits per heavy atom. The van der Waals surface area contributed by atoms with Gasteiger partial charge in [-0.2, -0.15) is 5.21 Å². The molecule has 0 aliphatic carbocycles. The molecule has 5 nitrogen and oxygen atoms in total. The van der Waals surface area contributed by atoms with Crippen molar-refractivity contribution in [3.05, 3.63) is 35.9 Å². The minimum atomic E-state index is 0.765. The van der Waals surface area contributed by atoms with E-state index >= 15 is 0 Å². The molecule has 0 aliphatic heterocycles. The van der Waals surface area contributed by atoms with Gasteiger partial charge in [0.1, 0.15) is 0 Å². The lowest BCUT2D eigenvalue weighted by Gasteiger charge is -1.96. The van der Waals surface area contributed by atoms with Gasteiger partial charge in [0, 0.05) is 18.3 Å². The van der Waals surface area contributed by atoms with Crippen molar-refractivity contribution in [2.24, 2.45) is 0 Å². The molecule has 1 N–H and O–H groups in total. The fraction of sp³-hybridized carbons (Fsp3) is 0.333. The Labute approximate surface area is 81.6 Å². The predicted octanol–water partition coefficient (Wildman–Crippen LogP) is 0.770. The summed E-state index contributed by atoms with van der Waals surface area (Å²) in [6, 6.07) is 5.94. The first-order valence-corrected chi connectivity index (χ1v) is 4.57. The summed E-state index contributed by atoms with van der Waals surface area (Å²) in [6.07, 6.45) is 4.60. The molecule has 0 amide bonds. The summed E-state index contributed by atoms with van der Waals surface area (Å²) in [6.45, 7) is 0.